The highest BCUT2D eigenvalue weighted by Gasteiger charge is 2.32. The maximum atomic E-state index is 13.2. The van der Waals surface area contributed by atoms with Gasteiger partial charge in [-0.25, -0.2) is 0 Å². The monoisotopic (exact) mass is 467 g/mol. The second-order valence-electron chi connectivity index (χ2n) is 9.08. The Morgan fingerprint density at radius 2 is 1.79 bits per heavy atom. The Labute approximate surface area is 200 Å². The van der Waals surface area contributed by atoms with Crippen molar-refractivity contribution in [1.29, 1.82) is 0 Å². The van der Waals surface area contributed by atoms with Crippen LogP contribution in [0.1, 0.15) is 30.0 Å². The van der Waals surface area contributed by atoms with Crippen LogP contribution in [-0.4, -0.2) is 80.9 Å². The molecule has 0 unspecified atom stereocenters. The summed E-state index contributed by atoms with van der Waals surface area (Å²) in [5.74, 6) is 3.50. The summed E-state index contributed by atoms with van der Waals surface area (Å²) >= 11 is 0. The van der Waals surface area contributed by atoms with Crippen LogP contribution >= 0.6 is 0 Å². The van der Waals surface area contributed by atoms with Crippen LogP contribution in [0.4, 0.5) is 0 Å². The third-order valence-corrected chi connectivity index (χ3v) is 7.07. The first-order valence-corrected chi connectivity index (χ1v) is 12.0. The quantitative estimate of drug-likeness (QED) is 0.621. The van der Waals surface area contributed by atoms with E-state index >= 15 is 0 Å². The molecule has 0 bridgehead atoms. The number of likely N-dealkylation sites (tertiary alicyclic amines) is 1. The summed E-state index contributed by atoms with van der Waals surface area (Å²) in [5.41, 5.74) is 2.30. The van der Waals surface area contributed by atoms with Gasteiger partial charge in [0.1, 0.15) is 11.5 Å². The zero-order chi connectivity index (χ0) is 23.5. The van der Waals surface area contributed by atoms with Crippen LogP contribution < -0.4 is 18.9 Å². The molecule has 1 atom stereocenters. The van der Waals surface area contributed by atoms with Gasteiger partial charge in [-0.2, -0.15) is 0 Å². The first kappa shape index (κ1) is 22.8. The van der Waals surface area contributed by atoms with E-state index in [4.69, 9.17) is 18.9 Å². The molecule has 3 aliphatic rings. The number of amides is 1. The van der Waals surface area contributed by atoms with Crippen LogP contribution in [0.2, 0.25) is 0 Å². The van der Waals surface area contributed by atoms with E-state index in [1.54, 1.807) is 14.2 Å². The van der Waals surface area contributed by atoms with Gasteiger partial charge >= 0.3 is 0 Å². The van der Waals surface area contributed by atoms with E-state index in [9.17, 15) is 4.79 Å². The Morgan fingerprint density at radius 3 is 2.59 bits per heavy atom. The Morgan fingerprint density at radius 1 is 0.971 bits per heavy atom. The third kappa shape index (κ3) is 4.79. The van der Waals surface area contributed by atoms with E-state index in [0.29, 0.717) is 13.3 Å². The maximum Gasteiger partial charge on any atom is 0.236 e. The summed E-state index contributed by atoms with van der Waals surface area (Å²) in [5, 5.41) is 0. The lowest BCUT2D eigenvalue weighted by molar-refractivity contribution is -0.134. The number of piperazine rings is 1. The molecule has 5 rings (SSSR count). The first-order chi connectivity index (χ1) is 16.6. The molecular weight excluding hydrogens is 434 g/mol. The van der Waals surface area contributed by atoms with Gasteiger partial charge in [-0.1, -0.05) is 6.07 Å². The number of nitrogens with zero attached hydrogens (tertiary/aromatic N) is 3. The second-order valence-corrected chi connectivity index (χ2v) is 9.08. The predicted octanol–water partition coefficient (Wildman–Crippen LogP) is 2.91. The zero-order valence-corrected chi connectivity index (χ0v) is 20.0. The Kier molecular flexibility index (Phi) is 6.78. The largest absolute Gasteiger partial charge is 0.497 e. The van der Waals surface area contributed by atoms with Crippen molar-refractivity contribution in [3.05, 3.63) is 47.5 Å². The van der Waals surface area contributed by atoms with E-state index in [1.807, 2.05) is 29.2 Å². The number of carbonyl (C=O) groups excluding carboxylic acids is 1. The molecule has 0 radical (unpaired) electrons. The minimum absolute atomic E-state index is 0.168. The Hall–Kier alpha value is -2.97. The molecule has 8 heteroatoms. The van der Waals surface area contributed by atoms with Crippen LogP contribution in [0.15, 0.2) is 36.4 Å². The van der Waals surface area contributed by atoms with Crippen molar-refractivity contribution in [2.75, 3.05) is 60.3 Å². The molecule has 3 aliphatic heterocycles. The van der Waals surface area contributed by atoms with Crippen molar-refractivity contribution in [3.8, 4) is 23.0 Å². The van der Waals surface area contributed by atoms with Gasteiger partial charge in [0.05, 0.1) is 20.8 Å². The average Bonchev–Trinajstić information content (AvgIpc) is 3.53. The third-order valence-electron chi connectivity index (χ3n) is 7.07. The lowest BCUT2D eigenvalue weighted by atomic mass is 10.0. The molecule has 0 N–H and O–H groups in total. The van der Waals surface area contributed by atoms with Crippen LogP contribution in [0.3, 0.4) is 0 Å². The molecule has 2 aromatic rings. The van der Waals surface area contributed by atoms with Crippen LogP contribution in [0.5, 0.6) is 23.0 Å². The fraction of sp³-hybridized carbons (Fsp3) is 0.500. The van der Waals surface area contributed by atoms with Crippen molar-refractivity contribution >= 4 is 5.91 Å². The molecule has 2 fully saturated rings. The fourth-order valence-corrected chi connectivity index (χ4v) is 5.19. The highest BCUT2D eigenvalue weighted by molar-refractivity contribution is 5.78. The van der Waals surface area contributed by atoms with Gasteiger partial charge in [0.2, 0.25) is 12.7 Å². The molecular formula is C26H33N3O5. The highest BCUT2D eigenvalue weighted by atomic mass is 16.7. The second kappa shape index (κ2) is 10.1. The molecule has 3 heterocycles. The smallest absolute Gasteiger partial charge is 0.236 e. The number of hydrogen-bond acceptors (Lipinski definition) is 7. The topological polar surface area (TPSA) is 63.7 Å². The zero-order valence-electron chi connectivity index (χ0n) is 20.0. The molecule has 1 amide bonds. The molecule has 0 aromatic heterocycles. The molecule has 182 valence electrons. The van der Waals surface area contributed by atoms with Crippen molar-refractivity contribution < 1.29 is 23.7 Å². The van der Waals surface area contributed by atoms with E-state index in [-0.39, 0.29) is 11.9 Å². The number of methoxy groups -OCH3 is 2. The standard InChI is InChI=1S/C26H33N3O5/c1-31-20-6-8-23(32-2)21(15-20)22-4-3-9-29(22)17-26(30)28-12-10-27(11-13-28)16-19-5-7-24-25(14-19)34-18-33-24/h5-8,14-15,22H,3-4,9-13,16-18H2,1-2H3/t22-/m0/s1. The van der Waals surface area contributed by atoms with Crippen molar-refractivity contribution in [2.24, 2.45) is 0 Å². The number of rotatable bonds is 7. The number of benzene rings is 2. The number of fused-ring (bicyclic) bond motifs is 1. The molecule has 2 aromatic carbocycles. The molecule has 2 saturated heterocycles. The Balaban J connectivity index is 1.16. The lowest BCUT2D eigenvalue weighted by Crippen LogP contribution is -2.50. The van der Waals surface area contributed by atoms with Gasteiger partial charge < -0.3 is 23.8 Å². The average molecular weight is 468 g/mol. The maximum absolute atomic E-state index is 13.2. The predicted molar refractivity (Wildman–Crippen MR) is 128 cm³/mol. The fourth-order valence-electron chi connectivity index (χ4n) is 5.19. The van der Waals surface area contributed by atoms with Crippen LogP contribution in [-0.2, 0) is 11.3 Å². The summed E-state index contributed by atoms with van der Waals surface area (Å²) in [6, 6.07) is 12.2. The number of ether oxygens (including phenoxy) is 4. The van der Waals surface area contributed by atoms with Crippen molar-refractivity contribution in [1.82, 2.24) is 14.7 Å². The summed E-state index contributed by atoms with van der Waals surface area (Å²) < 4.78 is 21.9. The van der Waals surface area contributed by atoms with Gasteiger partial charge in [-0.3, -0.25) is 14.6 Å². The summed E-state index contributed by atoms with van der Waals surface area (Å²) in [6.45, 7) is 5.74. The first-order valence-electron chi connectivity index (χ1n) is 12.0. The van der Waals surface area contributed by atoms with Gasteiger partial charge in [0.25, 0.3) is 0 Å². The van der Waals surface area contributed by atoms with Gasteiger partial charge in [-0.05, 0) is 55.3 Å². The van der Waals surface area contributed by atoms with Gasteiger partial charge in [0, 0.05) is 44.3 Å². The normalized spacial score (nSPS) is 20.5. The van der Waals surface area contributed by atoms with E-state index in [1.165, 1.54) is 5.56 Å². The molecule has 0 spiro atoms. The highest BCUT2D eigenvalue weighted by Crippen LogP contribution is 2.39. The van der Waals surface area contributed by atoms with Crippen LogP contribution in [0.25, 0.3) is 0 Å². The molecule has 8 nitrogen and oxygen atoms in total. The number of carbonyl (C=O) groups is 1. The summed E-state index contributed by atoms with van der Waals surface area (Å²) in [6.07, 6.45) is 2.09. The van der Waals surface area contributed by atoms with Gasteiger partial charge in [0.15, 0.2) is 11.5 Å². The molecule has 0 saturated carbocycles. The molecule has 0 aliphatic carbocycles. The molecule has 34 heavy (non-hydrogen) atoms. The SMILES string of the molecule is COc1ccc(OC)c([C@@H]2CCCN2CC(=O)N2CCN(Cc3ccc4c(c3)OCO4)CC2)c1. The van der Waals surface area contributed by atoms with E-state index < -0.39 is 0 Å². The summed E-state index contributed by atoms with van der Waals surface area (Å²) in [7, 11) is 3.37. The minimum Gasteiger partial charge on any atom is -0.497 e. The van der Waals surface area contributed by atoms with E-state index in [2.05, 4.69) is 21.9 Å². The number of hydrogen-bond donors (Lipinski definition) is 0. The van der Waals surface area contributed by atoms with E-state index in [0.717, 1.165) is 80.7 Å². The van der Waals surface area contributed by atoms with Crippen molar-refractivity contribution in [3.63, 3.8) is 0 Å². The van der Waals surface area contributed by atoms with Crippen LogP contribution in [0, 0.1) is 0 Å². The Bertz CT molecular complexity index is 1020. The van der Waals surface area contributed by atoms with Crippen molar-refractivity contribution in [2.45, 2.75) is 25.4 Å². The van der Waals surface area contributed by atoms with Gasteiger partial charge in [-0.15, -0.1) is 0 Å². The summed E-state index contributed by atoms with van der Waals surface area (Å²) in [4.78, 5) is 19.9. The lowest BCUT2D eigenvalue weighted by Gasteiger charge is -2.36. The minimum atomic E-state index is 0.168.